The molecular formula is C90H71BN4. The zero-order valence-electron chi connectivity index (χ0n) is 54.5. The Morgan fingerprint density at radius 1 is 0.368 bits per heavy atom. The molecule has 0 bridgehead atoms. The second-order valence-corrected chi connectivity index (χ2v) is 29.2. The zero-order chi connectivity index (χ0) is 63.6. The van der Waals surface area contributed by atoms with Crippen LogP contribution in [0, 0.1) is 28.6 Å². The van der Waals surface area contributed by atoms with Gasteiger partial charge in [0.1, 0.15) is 0 Å². The maximum Gasteiger partial charge on any atom is 0.252 e. The second-order valence-electron chi connectivity index (χ2n) is 29.2. The van der Waals surface area contributed by atoms with Gasteiger partial charge in [-0.1, -0.05) is 259 Å². The highest BCUT2D eigenvalue weighted by Crippen LogP contribution is 2.58. The molecule has 4 nitrogen and oxygen atoms in total. The van der Waals surface area contributed by atoms with Crippen molar-refractivity contribution in [3.63, 3.8) is 0 Å². The van der Waals surface area contributed by atoms with Crippen LogP contribution in [-0.2, 0) is 0 Å². The molecule has 13 aromatic rings. The molecule has 0 amide bonds. The van der Waals surface area contributed by atoms with E-state index in [0.717, 1.165) is 46.2 Å². The molecule has 0 saturated heterocycles. The number of aromatic nitrogens is 2. The molecule has 95 heavy (non-hydrogen) atoms. The Morgan fingerprint density at radius 2 is 0.811 bits per heavy atom. The fourth-order valence-electron chi connectivity index (χ4n) is 17.2. The third-order valence-electron chi connectivity index (χ3n) is 21.8. The van der Waals surface area contributed by atoms with Gasteiger partial charge in [0.15, 0.2) is 0 Å². The number of allylic oxidation sites excluding steroid dienone is 12. The van der Waals surface area contributed by atoms with Crippen LogP contribution in [0.4, 0.5) is 34.1 Å². The second kappa shape index (κ2) is 20.8. The average Bonchev–Trinajstić information content (AvgIpc) is 0.888. The summed E-state index contributed by atoms with van der Waals surface area (Å²) in [6.45, 7) is 14.2. The summed E-state index contributed by atoms with van der Waals surface area (Å²) in [5.74, 6) is 1.06. The Kier molecular flexibility index (Phi) is 12.2. The monoisotopic (exact) mass is 1220 g/mol. The summed E-state index contributed by atoms with van der Waals surface area (Å²) >= 11 is 0. The van der Waals surface area contributed by atoms with Gasteiger partial charge in [-0.05, 0) is 174 Å². The van der Waals surface area contributed by atoms with Gasteiger partial charge in [-0.25, -0.2) is 0 Å². The van der Waals surface area contributed by atoms with Crippen molar-refractivity contribution < 1.29 is 0 Å². The van der Waals surface area contributed by atoms with E-state index in [2.05, 4.69) is 352 Å². The Balaban J connectivity index is 0.921. The maximum absolute atomic E-state index is 2.65. The standard InChI is InChI=1S/C90H71BN4/c1-89(2,3)64-47-61-33-34-62-48-65(90(4,5)6)52-75-74(50-63(49-64)86(61)87(62)75)60-39-45-76-82(51-60)92(66-40-35-58(36-41-66)56-21-9-7-10-22-56)84-54-69(95-80-31-19-15-27-72(80)73-28-16-20-32-81(73)95)55-85-88(84)91(76)77-46-44-68(94-78-29-17-13-25-70(78)71-26-14-18-30-79(71)94)53-83(77)93(85)67-42-37-59(38-43-67)57-23-11-8-12-24-57/h7-47,49-55,62,86-87H,48H2,1-6H3. The van der Waals surface area contributed by atoms with Gasteiger partial charge >= 0.3 is 0 Å². The Labute approximate surface area is 556 Å². The Morgan fingerprint density at radius 3 is 1.33 bits per heavy atom. The average molecular weight is 1220 g/mol. The molecule has 5 heteroatoms. The molecule has 2 aromatic heterocycles. The van der Waals surface area contributed by atoms with Crippen LogP contribution < -0.4 is 26.2 Å². The van der Waals surface area contributed by atoms with Gasteiger partial charge in [0.2, 0.25) is 0 Å². The molecule has 0 radical (unpaired) electrons. The van der Waals surface area contributed by atoms with Crippen molar-refractivity contribution in [2.24, 2.45) is 28.6 Å². The molecule has 2 aliphatic heterocycles. The van der Waals surface area contributed by atoms with Crippen molar-refractivity contribution in [3.05, 3.63) is 325 Å². The first-order valence-electron chi connectivity index (χ1n) is 34.0. The van der Waals surface area contributed by atoms with E-state index in [1.54, 1.807) is 0 Å². The van der Waals surface area contributed by atoms with Crippen LogP contribution in [0.3, 0.4) is 0 Å². The van der Waals surface area contributed by atoms with Crippen LogP contribution >= 0.6 is 0 Å². The number of nitrogens with zero attached hydrogens (tertiary/aromatic N) is 4. The molecular weight excluding hydrogens is 1150 g/mol. The summed E-state index contributed by atoms with van der Waals surface area (Å²) < 4.78 is 5.01. The minimum Gasteiger partial charge on any atom is -0.311 e. The number of para-hydroxylation sites is 4. The molecule has 454 valence electrons. The molecule has 4 aliphatic carbocycles. The maximum atomic E-state index is 2.65. The first kappa shape index (κ1) is 55.7. The van der Waals surface area contributed by atoms with Crippen molar-refractivity contribution in [2.45, 2.75) is 48.0 Å². The summed E-state index contributed by atoms with van der Waals surface area (Å²) in [4.78, 5) is 5.24. The van der Waals surface area contributed by atoms with Crippen LogP contribution in [0.25, 0.3) is 82.8 Å². The van der Waals surface area contributed by atoms with Crippen molar-refractivity contribution in [1.29, 1.82) is 0 Å². The van der Waals surface area contributed by atoms with Crippen LogP contribution in [0.2, 0.25) is 0 Å². The van der Waals surface area contributed by atoms with Crippen LogP contribution in [0.15, 0.2) is 319 Å². The highest BCUT2D eigenvalue weighted by Gasteiger charge is 2.47. The predicted molar refractivity (Wildman–Crippen MR) is 402 cm³/mol. The van der Waals surface area contributed by atoms with Gasteiger partial charge in [-0.3, -0.25) is 0 Å². The number of benzene rings is 11. The topological polar surface area (TPSA) is 16.3 Å². The van der Waals surface area contributed by atoms with E-state index < -0.39 is 0 Å². The minimum absolute atomic E-state index is 0.00602. The molecule has 0 N–H and O–H groups in total. The van der Waals surface area contributed by atoms with Gasteiger partial charge in [0.25, 0.3) is 6.71 Å². The van der Waals surface area contributed by atoms with Gasteiger partial charge in [0.05, 0.1) is 27.8 Å². The van der Waals surface area contributed by atoms with E-state index >= 15 is 0 Å². The van der Waals surface area contributed by atoms with Crippen molar-refractivity contribution in [3.8, 4) is 33.6 Å². The number of anilines is 6. The van der Waals surface area contributed by atoms with E-state index in [0.29, 0.717) is 17.8 Å². The number of hydrogen-bond acceptors (Lipinski definition) is 2. The number of hydrogen-bond donors (Lipinski definition) is 0. The third-order valence-corrected chi connectivity index (χ3v) is 21.8. The van der Waals surface area contributed by atoms with E-state index in [-0.39, 0.29) is 17.5 Å². The quantitative estimate of drug-likeness (QED) is 0.148. The molecule has 3 atom stereocenters. The van der Waals surface area contributed by atoms with E-state index in [4.69, 9.17) is 0 Å². The molecule has 19 rings (SSSR count). The van der Waals surface area contributed by atoms with E-state index in [1.165, 1.54) is 127 Å². The number of rotatable bonds is 7. The highest BCUT2D eigenvalue weighted by molar-refractivity contribution is 7.00. The van der Waals surface area contributed by atoms with Crippen molar-refractivity contribution in [2.75, 3.05) is 9.80 Å². The highest BCUT2D eigenvalue weighted by atomic mass is 15.2. The molecule has 11 aromatic carbocycles. The Bertz CT molecular complexity index is 5490. The third kappa shape index (κ3) is 8.61. The fourth-order valence-corrected chi connectivity index (χ4v) is 17.2. The molecule has 0 saturated carbocycles. The largest absolute Gasteiger partial charge is 0.311 e. The Hall–Kier alpha value is -10.9. The van der Waals surface area contributed by atoms with Crippen molar-refractivity contribution in [1.82, 2.24) is 9.13 Å². The minimum atomic E-state index is -0.150. The normalized spacial score (nSPS) is 17.7. The summed E-state index contributed by atoms with van der Waals surface area (Å²) in [6, 6.07) is 96.1. The fraction of sp³-hybridized carbons (Fsp3) is 0.133. The SMILES string of the molecule is CC(C)(C)C1=CC2=CC(c3ccc4c(c3)N(c3ccc(-c5ccccc5)cc3)c3cc(-n5c6ccccc6c6ccccc65)cc5c3B4c3ccc(-n4c6ccccc6c6ccccc64)cc3N5c3ccc(-c4ccccc4)cc3)=C3C=C(C(C)(C)C)CC4C=CC(=C1)C2C34. The summed E-state index contributed by atoms with van der Waals surface area (Å²) in [7, 11) is 0. The van der Waals surface area contributed by atoms with E-state index in [9.17, 15) is 0 Å². The lowest BCUT2D eigenvalue weighted by Gasteiger charge is -2.48. The lowest BCUT2D eigenvalue weighted by molar-refractivity contribution is 0.329. The van der Waals surface area contributed by atoms with Crippen LogP contribution in [0.5, 0.6) is 0 Å². The van der Waals surface area contributed by atoms with Gasteiger partial charge in [-0.15, -0.1) is 0 Å². The lowest BCUT2D eigenvalue weighted by atomic mass is 9.33. The summed E-state index contributed by atoms with van der Waals surface area (Å²) in [5.41, 5.74) is 32.3. The first-order valence-corrected chi connectivity index (χ1v) is 34.0. The van der Waals surface area contributed by atoms with Crippen LogP contribution in [0.1, 0.15) is 53.5 Å². The lowest BCUT2D eigenvalue weighted by Crippen LogP contribution is -2.61. The van der Waals surface area contributed by atoms with E-state index in [1.807, 2.05) is 0 Å². The number of fused-ring (bicyclic) bond motifs is 10. The van der Waals surface area contributed by atoms with Gasteiger partial charge in [0, 0.05) is 73.2 Å². The summed E-state index contributed by atoms with van der Waals surface area (Å²) in [5, 5.41) is 4.95. The molecule has 0 spiro atoms. The van der Waals surface area contributed by atoms with Crippen molar-refractivity contribution >= 4 is 106 Å². The zero-order valence-corrected chi connectivity index (χ0v) is 54.5. The van der Waals surface area contributed by atoms with Gasteiger partial charge < -0.3 is 18.9 Å². The smallest absolute Gasteiger partial charge is 0.252 e. The van der Waals surface area contributed by atoms with Gasteiger partial charge in [-0.2, -0.15) is 0 Å². The molecule has 4 heterocycles. The predicted octanol–water partition coefficient (Wildman–Crippen LogP) is 21.7. The summed E-state index contributed by atoms with van der Waals surface area (Å²) in [6.07, 6.45) is 16.5. The molecule has 0 fully saturated rings. The molecule has 6 aliphatic rings. The molecule has 3 unspecified atom stereocenters. The van der Waals surface area contributed by atoms with Crippen LogP contribution in [-0.4, -0.2) is 15.8 Å². The first-order chi connectivity index (χ1) is 46.4.